The molecule has 2 fully saturated rings. The number of nitrogens with zero attached hydrogens (tertiary/aromatic N) is 4. The van der Waals surface area contributed by atoms with E-state index in [1.807, 2.05) is 0 Å². The first kappa shape index (κ1) is 65.8. The van der Waals surface area contributed by atoms with E-state index in [0.29, 0.717) is 33.4 Å². The molecule has 13 rings (SSSR count). The molecule has 97 heavy (non-hydrogen) atoms. The second-order valence-electron chi connectivity index (χ2n) is 22.4. The minimum Gasteiger partial charge on any atom is -0.459 e. The number of benzene rings is 6. The van der Waals surface area contributed by atoms with Crippen LogP contribution in [-0.4, -0.2) is 89.2 Å². The summed E-state index contributed by atoms with van der Waals surface area (Å²) in [5.41, 5.74) is -8.45. The van der Waals surface area contributed by atoms with Gasteiger partial charge in [0.1, 0.15) is 48.3 Å². The summed E-state index contributed by atoms with van der Waals surface area (Å²) in [7, 11) is 0. The fourth-order valence-electron chi connectivity index (χ4n) is 12.1. The zero-order valence-electron chi connectivity index (χ0n) is 51.6. The summed E-state index contributed by atoms with van der Waals surface area (Å²) < 4.78 is 38.6. The summed E-state index contributed by atoms with van der Waals surface area (Å²) in [5, 5.41) is -0.466. The molecule has 2 aromatic heterocycles. The van der Waals surface area contributed by atoms with Crippen LogP contribution in [0.15, 0.2) is 203 Å². The summed E-state index contributed by atoms with van der Waals surface area (Å²) >= 11 is 14.8. The van der Waals surface area contributed by atoms with Gasteiger partial charge < -0.3 is 28.4 Å². The van der Waals surface area contributed by atoms with Gasteiger partial charge >= 0.3 is 35.8 Å². The van der Waals surface area contributed by atoms with Gasteiger partial charge in [-0.1, -0.05) is 206 Å². The van der Waals surface area contributed by atoms with Crippen LogP contribution in [0.3, 0.4) is 0 Å². The van der Waals surface area contributed by atoms with Crippen LogP contribution in [0.25, 0.3) is 21.9 Å². The Balaban J connectivity index is 1.13. The molecule has 6 aromatic carbocycles. The summed E-state index contributed by atoms with van der Waals surface area (Å²) in [6.45, 7) is 0.938. The van der Waals surface area contributed by atoms with Crippen molar-refractivity contribution in [2.45, 2.75) is 69.7 Å². The lowest BCUT2D eigenvalue weighted by molar-refractivity contribution is -0.168. The number of esters is 6. The minimum absolute atomic E-state index is 0.0741. The Labute approximate surface area is 583 Å². The second-order valence-corrected chi connectivity index (χ2v) is 27.8. The van der Waals surface area contributed by atoms with E-state index in [9.17, 15) is 9.59 Å². The molecule has 0 radical (unpaired) electrons. The average molecular weight is 1400 g/mol. The van der Waals surface area contributed by atoms with Crippen LogP contribution < -0.4 is 0 Å². The van der Waals surface area contributed by atoms with Crippen molar-refractivity contribution < 1.29 is 66.8 Å². The Morgan fingerprint density at radius 2 is 0.608 bits per heavy atom. The monoisotopic (exact) mass is 1400 g/mol. The van der Waals surface area contributed by atoms with Gasteiger partial charge in [0.15, 0.2) is 10.1 Å². The lowest BCUT2D eigenvalue weighted by atomic mass is 9.67. The van der Waals surface area contributed by atoms with E-state index in [0.717, 1.165) is 46.2 Å². The number of fused-ring (bicyclic) bond motifs is 7. The number of carbonyl (C=O) groups is 8. The highest BCUT2D eigenvalue weighted by Crippen LogP contribution is 2.68. The smallest absolute Gasteiger partial charge is 0.334 e. The molecule has 8 aromatic rings. The fraction of sp³-hybridized carbons (Fsp3) is 0.178. The largest absolute Gasteiger partial charge is 0.459 e. The van der Waals surface area contributed by atoms with Crippen LogP contribution in [0.5, 0.6) is 0 Å². The first-order valence-electron chi connectivity index (χ1n) is 30.5. The van der Waals surface area contributed by atoms with Crippen LogP contribution in [-0.2, 0) is 123 Å². The Bertz CT molecular complexity index is 4260. The Kier molecular flexibility index (Phi) is 18.8. The van der Waals surface area contributed by atoms with Gasteiger partial charge in [0.05, 0.1) is 21.1 Å². The Morgan fingerprint density at radius 1 is 0.371 bits per heavy atom. The molecule has 18 nitrogen and oxygen atoms in total. The summed E-state index contributed by atoms with van der Waals surface area (Å²) in [6.07, 6.45) is 2.81. The number of hydrogen-bond acceptors (Lipinski definition) is 22. The predicted molar refractivity (Wildman–Crippen MR) is 375 cm³/mol. The number of aliphatic imine (C=N–C) groups is 2. The number of carbonyl (C=O) groups excluding carboxylic acids is 8. The van der Waals surface area contributed by atoms with Crippen molar-refractivity contribution in [1.82, 2.24) is 9.80 Å². The van der Waals surface area contributed by atoms with Crippen molar-refractivity contribution in [3.63, 3.8) is 0 Å². The van der Waals surface area contributed by atoms with Gasteiger partial charge in [-0.25, -0.2) is 9.98 Å². The quantitative estimate of drug-likeness (QED) is 0.0266. The third-order valence-corrected chi connectivity index (χ3v) is 21.8. The summed E-state index contributed by atoms with van der Waals surface area (Å²) in [5.74, 6) is -9.24. The van der Waals surface area contributed by atoms with Crippen LogP contribution in [0.4, 0.5) is 0 Å². The van der Waals surface area contributed by atoms with Gasteiger partial charge in [0.2, 0.25) is 16.2 Å². The summed E-state index contributed by atoms with van der Waals surface area (Å²) in [4.78, 5) is 141. The highest BCUT2D eigenvalue weighted by molar-refractivity contribution is 8.35. The SMILES string of the molecule is CCN1C(=O)/C(=N/C2=Cc3sc4c(c3C2(C(=O)OCc2ccccc2)C(=O)OCc2ccccc2)C(C(=O)OCc2ccccc2)(C(=O)OCc2ccccc2)c2c-4sc3c2C(C(=O)OCc2ccccc2)(C(=O)OCc2ccccc2)C(/N=C2\SC(=S)N(CC)C2=O)=C3)SC1=S. The maximum Gasteiger partial charge on any atom is 0.334 e. The molecule has 2 aliphatic heterocycles. The van der Waals surface area contributed by atoms with Gasteiger partial charge in [-0.15, -0.1) is 22.7 Å². The molecule has 3 aliphatic carbocycles. The Hall–Kier alpha value is -9.82. The van der Waals surface area contributed by atoms with Crippen LogP contribution >= 0.6 is 70.6 Å². The molecule has 24 heteroatoms. The normalized spacial score (nSPS) is 16.7. The maximum atomic E-state index is 17.1. The fourth-order valence-corrected chi connectivity index (χ4v) is 17.5. The van der Waals surface area contributed by atoms with Crippen LogP contribution in [0.1, 0.15) is 79.2 Å². The second kappa shape index (κ2) is 27.7. The van der Waals surface area contributed by atoms with Crippen molar-refractivity contribution in [3.05, 3.63) is 259 Å². The average Bonchev–Trinajstić information content (AvgIpc) is 1.48. The molecule has 0 saturated carbocycles. The third kappa shape index (κ3) is 11.7. The molecular weight excluding hydrogens is 1350 g/mol. The molecule has 4 heterocycles. The zero-order chi connectivity index (χ0) is 67.6. The molecular formula is C73H54N4O14S6. The molecule has 0 N–H and O–H groups in total. The van der Waals surface area contributed by atoms with E-state index in [4.69, 9.17) is 62.8 Å². The molecule has 2 saturated heterocycles. The van der Waals surface area contributed by atoms with Crippen LogP contribution in [0.2, 0.25) is 0 Å². The number of thiophene rings is 2. The molecule has 0 atom stereocenters. The molecule has 5 aliphatic rings. The highest BCUT2D eigenvalue weighted by Gasteiger charge is 2.72. The number of thioether (sulfide) groups is 2. The highest BCUT2D eigenvalue weighted by atomic mass is 32.2. The van der Waals surface area contributed by atoms with Crippen molar-refractivity contribution in [2.24, 2.45) is 9.98 Å². The lowest BCUT2D eigenvalue weighted by Crippen LogP contribution is -2.53. The lowest BCUT2D eigenvalue weighted by Gasteiger charge is -2.35. The third-order valence-electron chi connectivity index (χ3n) is 16.7. The van der Waals surface area contributed by atoms with Gasteiger partial charge in [-0.3, -0.25) is 48.2 Å². The first-order valence-corrected chi connectivity index (χ1v) is 34.5. The van der Waals surface area contributed by atoms with Crippen LogP contribution in [0, 0.1) is 0 Å². The summed E-state index contributed by atoms with van der Waals surface area (Å²) in [6, 6.07) is 51.5. The van der Waals surface area contributed by atoms with Gasteiger partial charge in [0.25, 0.3) is 11.8 Å². The van der Waals surface area contributed by atoms with Gasteiger partial charge in [0, 0.05) is 45.1 Å². The zero-order valence-corrected chi connectivity index (χ0v) is 56.5. The number of ether oxygens (including phenoxy) is 6. The van der Waals surface area contributed by atoms with E-state index in [-0.39, 0.29) is 73.6 Å². The van der Waals surface area contributed by atoms with Gasteiger partial charge in [-0.05, 0) is 82.9 Å². The number of hydrogen-bond donors (Lipinski definition) is 0. The minimum atomic E-state index is -3.12. The van der Waals surface area contributed by atoms with E-state index < -0.39 is 115 Å². The van der Waals surface area contributed by atoms with E-state index in [2.05, 4.69) is 0 Å². The van der Waals surface area contributed by atoms with E-state index >= 15 is 28.8 Å². The van der Waals surface area contributed by atoms with E-state index in [1.165, 1.54) is 22.0 Å². The standard InChI is InChI=1S/C73H54N4O14S6/c1-3-76-61(78)59(96-69(76)92)74-51-35-49-53(71(51,63(80)86-37-43-23-11-5-12-24-43)64(81)87-38-44-25-13-6-14-26-44)55-57(94-49)58-56(73(55,67(84)90-41-47-31-19-9-20-32-47)68(85)91-42-48-33-21-10-22-34-48)54-50(95-58)36-52(75-60-62(79)77(4-2)70(93)97-60)72(54,65(82)88-39-45-27-15-7-16-28-45)66(83)89-40-46-29-17-8-18-30-46/h5-36H,3-4,37-42H2,1-2H3/b74-59-,75-60-. The van der Waals surface area contributed by atoms with Crippen molar-refractivity contribution >= 4 is 149 Å². The molecule has 0 spiro atoms. The molecule has 0 bridgehead atoms. The Morgan fingerprint density at radius 3 is 0.835 bits per heavy atom. The van der Waals surface area contributed by atoms with Crippen molar-refractivity contribution in [1.29, 1.82) is 0 Å². The van der Waals surface area contributed by atoms with Gasteiger partial charge in [-0.2, -0.15) is 0 Å². The number of thiocarbonyl (C=S) groups is 2. The molecule has 0 unspecified atom stereocenters. The predicted octanol–water partition coefficient (Wildman–Crippen LogP) is 12.3. The molecule has 486 valence electrons. The molecule has 2 amide bonds. The first-order chi connectivity index (χ1) is 47.1. The van der Waals surface area contributed by atoms with Crippen molar-refractivity contribution in [2.75, 3.05) is 13.1 Å². The number of rotatable bonds is 22. The maximum absolute atomic E-state index is 17.1. The topological polar surface area (TPSA) is 223 Å². The van der Waals surface area contributed by atoms with Crippen molar-refractivity contribution in [3.8, 4) is 9.75 Å². The number of amides is 2. The van der Waals surface area contributed by atoms with E-state index in [1.54, 1.807) is 196 Å².